The molecule has 0 spiro atoms. The Morgan fingerprint density at radius 3 is 2.37 bits per heavy atom. The fraction of sp³-hybridized carbons (Fsp3) is 0.575. The van der Waals surface area contributed by atoms with Crippen LogP contribution in [0.15, 0.2) is 41.3 Å². The topological polar surface area (TPSA) is 294 Å². The number of halogens is 2. The fourth-order valence-electron chi connectivity index (χ4n) is 6.91. The standard InChI is InChI=1S/C40H54F2N8O12/c1-22(2)32(48-30(52)9-5-4-6-16-49-31(53)18-23(3)35(49)56)27(51)19-25(8-7-15-45-37(44)57)34(55)46-26-12-10-24(11-13-26)20-60-39(59)61-21-28-33(54)40(41,42)36(62-28)50-17-14-29(43)47-38(50)58/h10-14,17,22-23,25,28,32-33,36,54H,4-9,15-16,18-21H2,1-3H3,(H,46,55)(H,48,52)(H2,43,47,58)(H3,44,45,57)/t23?,25-,28-,32+,33-,36-/m1/s1. The quantitative estimate of drug-likeness (QED) is 0.0562. The minimum Gasteiger partial charge on any atom is -0.431 e. The zero-order valence-corrected chi connectivity index (χ0v) is 34.7. The summed E-state index contributed by atoms with van der Waals surface area (Å²) in [5, 5.41) is 18.1. The number of aromatic nitrogens is 2. The molecule has 8 N–H and O–H groups in total. The minimum absolute atomic E-state index is 0.121. The number of Topliss-reactive ketones (excluding diaryl/α,β-unsaturated/α-hetero) is 1. The monoisotopic (exact) mass is 876 g/mol. The van der Waals surface area contributed by atoms with Gasteiger partial charge in [-0.25, -0.2) is 14.4 Å². The molecule has 2 aliphatic rings. The van der Waals surface area contributed by atoms with E-state index >= 15 is 0 Å². The largest absolute Gasteiger partial charge is 0.508 e. The molecule has 62 heavy (non-hydrogen) atoms. The molecule has 0 bridgehead atoms. The number of carbonyl (C=O) groups excluding carboxylic acids is 7. The van der Waals surface area contributed by atoms with Crippen LogP contribution in [-0.2, 0) is 44.8 Å². The number of urea groups is 1. The number of anilines is 2. The van der Waals surface area contributed by atoms with Gasteiger partial charge in [-0.3, -0.25) is 33.4 Å². The van der Waals surface area contributed by atoms with Gasteiger partial charge in [0.05, 0.1) is 6.04 Å². The zero-order chi connectivity index (χ0) is 45.7. The van der Waals surface area contributed by atoms with E-state index in [1.54, 1.807) is 20.8 Å². The number of nitrogens with zero attached hydrogens (tertiary/aromatic N) is 3. The Morgan fingerprint density at radius 2 is 1.74 bits per heavy atom. The van der Waals surface area contributed by atoms with Crippen LogP contribution in [0.25, 0.3) is 0 Å². The number of amides is 6. The summed E-state index contributed by atoms with van der Waals surface area (Å²) in [6.07, 6.45) is -4.54. The molecule has 0 saturated carbocycles. The normalized spacial score (nSPS) is 20.4. The lowest BCUT2D eigenvalue weighted by molar-refractivity contribution is -0.141. The van der Waals surface area contributed by atoms with Crippen molar-refractivity contribution in [3.63, 3.8) is 0 Å². The van der Waals surface area contributed by atoms with E-state index in [0.717, 1.165) is 12.3 Å². The Morgan fingerprint density at radius 1 is 1.03 bits per heavy atom. The van der Waals surface area contributed by atoms with E-state index in [9.17, 15) is 52.2 Å². The van der Waals surface area contributed by atoms with E-state index in [-0.39, 0.29) is 80.0 Å². The number of alkyl halides is 2. The molecule has 20 nitrogen and oxygen atoms in total. The number of primary amides is 1. The molecule has 1 aromatic carbocycles. The molecule has 340 valence electrons. The molecule has 0 aliphatic carbocycles. The second-order valence-corrected chi connectivity index (χ2v) is 15.6. The predicted molar refractivity (Wildman–Crippen MR) is 215 cm³/mol. The Kier molecular flexibility index (Phi) is 17.4. The first-order valence-electron chi connectivity index (χ1n) is 20.2. The zero-order valence-electron chi connectivity index (χ0n) is 34.7. The maximum atomic E-state index is 14.8. The van der Waals surface area contributed by atoms with Gasteiger partial charge in [0.25, 0.3) is 0 Å². The highest BCUT2D eigenvalue weighted by Crippen LogP contribution is 2.42. The van der Waals surface area contributed by atoms with Gasteiger partial charge < -0.3 is 46.7 Å². The van der Waals surface area contributed by atoms with E-state index < -0.39 is 66.7 Å². The number of rotatable bonds is 22. The van der Waals surface area contributed by atoms with Crippen molar-refractivity contribution in [1.29, 1.82) is 0 Å². The summed E-state index contributed by atoms with van der Waals surface area (Å²) in [5.41, 5.74) is 10.2. The van der Waals surface area contributed by atoms with Crippen molar-refractivity contribution in [2.45, 2.75) is 109 Å². The minimum atomic E-state index is -3.95. The molecule has 2 saturated heterocycles. The Balaban J connectivity index is 1.26. The number of benzene rings is 1. The summed E-state index contributed by atoms with van der Waals surface area (Å²) in [4.78, 5) is 104. The van der Waals surface area contributed by atoms with Crippen LogP contribution in [0.1, 0.15) is 83.9 Å². The van der Waals surface area contributed by atoms with Crippen LogP contribution in [0.2, 0.25) is 0 Å². The number of hydrogen-bond donors (Lipinski definition) is 6. The maximum Gasteiger partial charge on any atom is 0.508 e. The van der Waals surface area contributed by atoms with E-state index in [4.69, 9.17) is 25.7 Å². The first kappa shape index (κ1) is 48.6. The third-order valence-electron chi connectivity index (χ3n) is 10.4. The number of likely N-dealkylation sites (tertiary alicyclic amines) is 1. The van der Waals surface area contributed by atoms with Crippen LogP contribution in [0, 0.1) is 17.8 Å². The number of aliphatic hydroxyl groups is 1. The molecular formula is C40H54F2N8O12. The van der Waals surface area contributed by atoms with Crippen molar-refractivity contribution < 1.29 is 61.7 Å². The number of unbranched alkanes of at least 4 members (excludes halogenated alkanes) is 2. The fourth-order valence-corrected chi connectivity index (χ4v) is 6.91. The first-order valence-corrected chi connectivity index (χ1v) is 20.2. The maximum absolute atomic E-state index is 14.8. The van der Waals surface area contributed by atoms with Gasteiger partial charge in [0.15, 0.2) is 11.9 Å². The summed E-state index contributed by atoms with van der Waals surface area (Å²) in [6.45, 7) is 4.52. The number of imide groups is 1. The van der Waals surface area contributed by atoms with Crippen LogP contribution in [-0.4, -0.2) is 105 Å². The van der Waals surface area contributed by atoms with Gasteiger partial charge in [0.2, 0.25) is 29.9 Å². The van der Waals surface area contributed by atoms with Gasteiger partial charge in [0.1, 0.15) is 25.1 Å². The highest BCUT2D eigenvalue weighted by atomic mass is 19.3. The van der Waals surface area contributed by atoms with Crippen LogP contribution >= 0.6 is 0 Å². The van der Waals surface area contributed by atoms with Crippen molar-refractivity contribution in [3.8, 4) is 0 Å². The molecule has 2 aliphatic heterocycles. The van der Waals surface area contributed by atoms with Crippen LogP contribution < -0.4 is 33.1 Å². The van der Waals surface area contributed by atoms with E-state index in [2.05, 4.69) is 20.9 Å². The summed E-state index contributed by atoms with van der Waals surface area (Å²) < 4.78 is 45.1. The summed E-state index contributed by atoms with van der Waals surface area (Å²) >= 11 is 0. The molecule has 0 radical (unpaired) electrons. The van der Waals surface area contributed by atoms with Crippen molar-refractivity contribution in [3.05, 3.63) is 52.6 Å². The molecule has 3 heterocycles. The Labute approximate surface area is 355 Å². The van der Waals surface area contributed by atoms with E-state index in [0.29, 0.717) is 48.0 Å². The lowest BCUT2D eigenvalue weighted by Crippen LogP contribution is -2.45. The van der Waals surface area contributed by atoms with Gasteiger partial charge >= 0.3 is 23.8 Å². The molecule has 22 heteroatoms. The molecular weight excluding hydrogens is 822 g/mol. The van der Waals surface area contributed by atoms with E-state index in [1.165, 1.54) is 29.2 Å². The third kappa shape index (κ3) is 13.5. The molecule has 2 fully saturated rings. The first-order chi connectivity index (χ1) is 29.3. The van der Waals surface area contributed by atoms with Crippen LogP contribution in [0.3, 0.4) is 0 Å². The summed E-state index contributed by atoms with van der Waals surface area (Å²) in [5.74, 6) is -7.27. The molecule has 1 unspecified atom stereocenters. The predicted octanol–water partition coefficient (Wildman–Crippen LogP) is 2.13. The number of hydrogen-bond acceptors (Lipinski definition) is 14. The lowest BCUT2D eigenvalue weighted by Gasteiger charge is -2.24. The van der Waals surface area contributed by atoms with Gasteiger partial charge in [-0.2, -0.15) is 13.8 Å². The average molecular weight is 877 g/mol. The second kappa shape index (κ2) is 22.2. The number of carbonyl (C=O) groups is 7. The number of aliphatic hydroxyl groups excluding tert-OH is 1. The summed E-state index contributed by atoms with van der Waals surface area (Å²) in [6, 6.07) is 5.51. The Bertz CT molecular complexity index is 2000. The van der Waals surface area contributed by atoms with Gasteiger partial charge in [-0.15, -0.1) is 0 Å². The SMILES string of the molecule is CC1CC(=O)N(CCCCCC(=O)N[C@H](C(=O)C[C@@H](CCCNC(N)=O)C(=O)Nc2ccc(COC(=O)OC[C@H]3O[C@@H](n4ccc(N)nc4=O)C(F)(F)[C@@H]3O)cc2)C(C)C)C1=O. The van der Waals surface area contributed by atoms with Gasteiger partial charge in [-0.1, -0.05) is 39.3 Å². The van der Waals surface area contributed by atoms with Crippen molar-refractivity contribution in [2.75, 3.05) is 30.7 Å². The van der Waals surface area contributed by atoms with Gasteiger partial charge in [0, 0.05) is 56.1 Å². The number of nitrogens with one attached hydrogen (secondary N) is 3. The number of ketones is 1. The van der Waals surface area contributed by atoms with Crippen LogP contribution in [0.5, 0.6) is 0 Å². The van der Waals surface area contributed by atoms with Gasteiger partial charge in [-0.05, 0) is 55.4 Å². The molecule has 1 aromatic heterocycles. The third-order valence-corrected chi connectivity index (χ3v) is 10.4. The van der Waals surface area contributed by atoms with Crippen molar-refractivity contribution in [1.82, 2.24) is 25.1 Å². The molecule has 6 amide bonds. The molecule has 2 aromatic rings. The lowest BCUT2D eigenvalue weighted by atomic mass is 9.89. The number of nitrogen functional groups attached to an aromatic ring is 1. The molecule has 6 atom stereocenters. The van der Waals surface area contributed by atoms with Crippen molar-refractivity contribution >= 4 is 53.1 Å². The van der Waals surface area contributed by atoms with Crippen molar-refractivity contribution in [2.24, 2.45) is 23.5 Å². The average Bonchev–Trinajstić information content (AvgIpc) is 3.59. The molecule has 4 rings (SSSR count). The smallest absolute Gasteiger partial charge is 0.431 e. The number of ether oxygens (including phenoxy) is 3. The highest BCUT2D eigenvalue weighted by Gasteiger charge is 2.60. The van der Waals surface area contributed by atoms with Crippen LogP contribution in [0.4, 0.5) is 29.9 Å². The Hall–Kier alpha value is -6.03. The summed E-state index contributed by atoms with van der Waals surface area (Å²) in [7, 11) is 0. The second-order valence-electron chi connectivity index (χ2n) is 15.6. The number of nitrogens with two attached hydrogens (primary N) is 2. The van der Waals surface area contributed by atoms with E-state index in [1.807, 2.05) is 0 Å². The highest BCUT2D eigenvalue weighted by molar-refractivity contribution is 6.03.